The Balaban J connectivity index is 1.51. The number of rotatable bonds is 6. The summed E-state index contributed by atoms with van der Waals surface area (Å²) in [5, 5.41) is 2.77. The van der Waals surface area contributed by atoms with E-state index in [9.17, 15) is 13.6 Å². The summed E-state index contributed by atoms with van der Waals surface area (Å²) >= 11 is 0.478. The van der Waals surface area contributed by atoms with Crippen LogP contribution in [0, 0.1) is 0 Å². The van der Waals surface area contributed by atoms with Gasteiger partial charge in [-0.05, 0) is 48.4 Å². The van der Waals surface area contributed by atoms with Crippen molar-refractivity contribution in [2.75, 3.05) is 18.5 Å². The van der Waals surface area contributed by atoms with Gasteiger partial charge in [0.25, 0.3) is 5.76 Å². The molecule has 26 heavy (non-hydrogen) atoms. The Morgan fingerprint density at radius 2 is 1.81 bits per heavy atom. The predicted molar refractivity (Wildman–Crippen MR) is 97.3 cm³/mol. The van der Waals surface area contributed by atoms with E-state index < -0.39 is 5.76 Å². The van der Waals surface area contributed by atoms with E-state index >= 15 is 0 Å². The quantitative estimate of drug-likeness (QED) is 0.737. The summed E-state index contributed by atoms with van der Waals surface area (Å²) in [6, 6.07) is 12.1. The molecular weight excluding hydrogens is 360 g/mol. The van der Waals surface area contributed by atoms with Crippen LogP contribution in [0.1, 0.15) is 18.4 Å². The average molecular weight is 379 g/mol. The molecule has 0 saturated carbocycles. The Kier molecular flexibility index (Phi) is 6.33. The molecule has 1 aliphatic rings. The van der Waals surface area contributed by atoms with Gasteiger partial charge in [-0.2, -0.15) is 8.78 Å². The summed E-state index contributed by atoms with van der Waals surface area (Å²) in [7, 11) is 0. The van der Waals surface area contributed by atoms with Crippen molar-refractivity contribution < 1.29 is 23.0 Å². The van der Waals surface area contributed by atoms with E-state index in [0.29, 0.717) is 54.1 Å². The number of hydrogen-bond donors (Lipinski definition) is 1. The zero-order chi connectivity index (χ0) is 18.4. The summed E-state index contributed by atoms with van der Waals surface area (Å²) in [6.45, 7) is 1.26. The number of carbonyl (C=O) groups excluding carboxylic acids is 1. The second-order valence-electron chi connectivity index (χ2n) is 5.78. The normalized spacial score (nSPS) is 13.3. The van der Waals surface area contributed by atoms with Crippen molar-refractivity contribution in [1.29, 1.82) is 0 Å². The molecule has 0 fully saturated rings. The number of thioether (sulfide) groups is 1. The van der Waals surface area contributed by atoms with Gasteiger partial charge >= 0.3 is 0 Å². The number of alkyl halides is 2. The zero-order valence-electron chi connectivity index (χ0n) is 14.0. The van der Waals surface area contributed by atoms with Gasteiger partial charge in [-0.15, -0.1) is 0 Å². The van der Waals surface area contributed by atoms with Crippen molar-refractivity contribution in [2.45, 2.75) is 29.9 Å². The number of nitrogens with one attached hydrogen (secondary N) is 1. The van der Waals surface area contributed by atoms with Crippen LogP contribution in [-0.4, -0.2) is 24.9 Å². The third-order valence-corrected chi connectivity index (χ3v) is 4.54. The zero-order valence-corrected chi connectivity index (χ0v) is 14.9. The van der Waals surface area contributed by atoms with E-state index in [2.05, 4.69) is 5.32 Å². The first-order chi connectivity index (χ1) is 12.6. The van der Waals surface area contributed by atoms with Crippen LogP contribution in [0.25, 0.3) is 0 Å². The lowest BCUT2D eigenvalue weighted by atomic mass is 10.1. The fourth-order valence-electron chi connectivity index (χ4n) is 2.56. The van der Waals surface area contributed by atoms with Crippen molar-refractivity contribution in [2.24, 2.45) is 0 Å². The molecule has 1 heterocycles. The number of fused-ring (bicyclic) bond motifs is 1. The molecule has 138 valence electrons. The van der Waals surface area contributed by atoms with Crippen LogP contribution in [-0.2, 0) is 11.2 Å². The van der Waals surface area contributed by atoms with E-state index in [-0.39, 0.29) is 5.91 Å². The van der Waals surface area contributed by atoms with Gasteiger partial charge in [-0.25, -0.2) is 0 Å². The van der Waals surface area contributed by atoms with E-state index in [0.717, 1.165) is 17.7 Å². The molecule has 2 aromatic rings. The Morgan fingerprint density at radius 3 is 2.54 bits per heavy atom. The van der Waals surface area contributed by atoms with E-state index in [1.165, 1.54) is 0 Å². The molecule has 0 aliphatic carbocycles. The summed E-state index contributed by atoms with van der Waals surface area (Å²) < 4.78 is 35.8. The maximum Gasteiger partial charge on any atom is 0.288 e. The maximum absolute atomic E-state index is 12.3. The van der Waals surface area contributed by atoms with Gasteiger partial charge < -0.3 is 14.8 Å². The molecule has 0 bridgehead atoms. The fraction of sp³-hybridized carbons (Fsp3) is 0.316. The standard InChI is InChI=1S/C19H19F2NO3S/c20-19(21)26-15-6-4-14(5-7-15)22-18(23)9-3-13-2-8-16-17(12-13)25-11-1-10-24-16/h2,4-8,12,19H,1,3,9-11H2,(H,22,23). The number of carbonyl (C=O) groups is 1. The van der Waals surface area contributed by atoms with E-state index in [1.807, 2.05) is 18.2 Å². The van der Waals surface area contributed by atoms with E-state index in [1.54, 1.807) is 24.3 Å². The van der Waals surface area contributed by atoms with E-state index in [4.69, 9.17) is 9.47 Å². The molecule has 1 N–H and O–H groups in total. The highest BCUT2D eigenvalue weighted by Crippen LogP contribution is 2.31. The molecular formula is C19H19F2NO3S. The molecule has 0 saturated heterocycles. The minimum Gasteiger partial charge on any atom is -0.490 e. The monoisotopic (exact) mass is 379 g/mol. The Bertz CT molecular complexity index is 753. The number of benzene rings is 2. The first kappa shape index (κ1) is 18.5. The van der Waals surface area contributed by atoms with Gasteiger partial charge in [-0.3, -0.25) is 4.79 Å². The number of ether oxygens (including phenoxy) is 2. The van der Waals surface area contributed by atoms with Crippen molar-refractivity contribution in [3.63, 3.8) is 0 Å². The molecule has 0 unspecified atom stereocenters. The van der Waals surface area contributed by atoms with Crippen molar-refractivity contribution in [1.82, 2.24) is 0 Å². The van der Waals surface area contributed by atoms with Crippen LogP contribution in [0.3, 0.4) is 0 Å². The van der Waals surface area contributed by atoms with Crippen LogP contribution in [0.4, 0.5) is 14.5 Å². The second kappa shape index (κ2) is 8.89. The maximum atomic E-state index is 12.3. The first-order valence-electron chi connectivity index (χ1n) is 8.33. The van der Waals surface area contributed by atoms with Gasteiger partial charge in [0.15, 0.2) is 11.5 Å². The molecule has 0 aromatic heterocycles. The molecule has 0 spiro atoms. The van der Waals surface area contributed by atoms with Gasteiger partial charge in [-0.1, -0.05) is 17.8 Å². The van der Waals surface area contributed by atoms with Gasteiger partial charge in [0.1, 0.15) is 0 Å². The number of hydrogen-bond acceptors (Lipinski definition) is 4. The summed E-state index contributed by atoms with van der Waals surface area (Å²) in [5.41, 5.74) is 1.58. The van der Waals surface area contributed by atoms with Gasteiger partial charge in [0.2, 0.25) is 5.91 Å². The Hall–Kier alpha value is -2.28. The molecule has 0 atom stereocenters. The lowest BCUT2D eigenvalue weighted by molar-refractivity contribution is -0.116. The molecule has 1 aliphatic heterocycles. The summed E-state index contributed by atoms with van der Waals surface area (Å²) in [5.74, 6) is -1.14. The highest BCUT2D eigenvalue weighted by atomic mass is 32.2. The van der Waals surface area contributed by atoms with Gasteiger partial charge in [0.05, 0.1) is 13.2 Å². The van der Waals surface area contributed by atoms with Crippen molar-refractivity contribution >= 4 is 23.4 Å². The Labute approximate surface area is 154 Å². The number of amides is 1. The average Bonchev–Trinajstić information content (AvgIpc) is 2.86. The lowest BCUT2D eigenvalue weighted by Crippen LogP contribution is -2.12. The third-order valence-electron chi connectivity index (χ3n) is 3.82. The van der Waals surface area contributed by atoms with Crippen LogP contribution in [0.5, 0.6) is 11.5 Å². The smallest absolute Gasteiger partial charge is 0.288 e. The molecule has 4 nitrogen and oxygen atoms in total. The first-order valence-corrected chi connectivity index (χ1v) is 9.21. The highest BCUT2D eigenvalue weighted by molar-refractivity contribution is 7.99. The predicted octanol–water partition coefficient (Wildman–Crippen LogP) is 4.73. The molecule has 0 radical (unpaired) electrons. The lowest BCUT2D eigenvalue weighted by Gasteiger charge is -2.10. The van der Waals surface area contributed by atoms with Gasteiger partial charge in [0, 0.05) is 23.4 Å². The minimum atomic E-state index is -2.45. The Morgan fingerprint density at radius 1 is 1.08 bits per heavy atom. The minimum absolute atomic E-state index is 0.133. The second-order valence-corrected chi connectivity index (χ2v) is 6.85. The molecule has 2 aromatic carbocycles. The number of anilines is 1. The molecule has 7 heteroatoms. The van der Waals surface area contributed by atoms with Crippen molar-refractivity contribution in [3.8, 4) is 11.5 Å². The largest absolute Gasteiger partial charge is 0.490 e. The third kappa shape index (κ3) is 5.36. The van der Waals surface area contributed by atoms with Crippen LogP contribution < -0.4 is 14.8 Å². The topological polar surface area (TPSA) is 47.6 Å². The van der Waals surface area contributed by atoms with Crippen LogP contribution >= 0.6 is 11.8 Å². The van der Waals surface area contributed by atoms with Crippen molar-refractivity contribution in [3.05, 3.63) is 48.0 Å². The number of aryl methyl sites for hydroxylation is 1. The molecule has 3 rings (SSSR count). The number of halogens is 2. The van der Waals surface area contributed by atoms with Crippen LogP contribution in [0.2, 0.25) is 0 Å². The summed E-state index contributed by atoms with van der Waals surface area (Å²) in [4.78, 5) is 12.6. The molecule has 1 amide bonds. The highest BCUT2D eigenvalue weighted by Gasteiger charge is 2.12. The SMILES string of the molecule is O=C(CCc1ccc2c(c1)OCCCO2)Nc1ccc(SC(F)F)cc1. The fourth-order valence-corrected chi connectivity index (χ4v) is 3.06. The summed E-state index contributed by atoms with van der Waals surface area (Å²) in [6.07, 6.45) is 1.73. The van der Waals surface area contributed by atoms with Crippen LogP contribution in [0.15, 0.2) is 47.4 Å².